The lowest BCUT2D eigenvalue weighted by atomic mass is 10.0. The summed E-state index contributed by atoms with van der Waals surface area (Å²) < 4.78 is 0. The largest absolute Gasteiger partial charge is 0.354 e. The molecule has 3 aromatic carbocycles. The van der Waals surface area contributed by atoms with Crippen LogP contribution in [0.1, 0.15) is 10.4 Å². The fourth-order valence-corrected chi connectivity index (χ4v) is 2.76. The van der Waals surface area contributed by atoms with Crippen molar-refractivity contribution in [3.63, 3.8) is 0 Å². The molecule has 0 fully saturated rings. The first-order chi connectivity index (χ1) is 9.36. The molecule has 2 heteroatoms. The summed E-state index contributed by atoms with van der Waals surface area (Å²) in [7, 11) is 0. The average molecular weight is 245 g/mol. The summed E-state index contributed by atoms with van der Waals surface area (Å²) in [6.45, 7) is 0. The lowest BCUT2D eigenvalue weighted by Gasteiger charge is -2.00. The minimum atomic E-state index is 0.710. The first-order valence-electron chi connectivity index (χ1n) is 6.25. The fraction of sp³-hybridized carbons (Fsp3) is 0. The molecule has 0 saturated heterocycles. The Bertz CT molecular complexity index is 934. The Labute approximate surface area is 109 Å². The predicted molar refractivity (Wildman–Crippen MR) is 78.7 cm³/mol. The number of H-pyrrole nitrogens is 1. The second kappa shape index (κ2) is 3.69. The lowest BCUT2D eigenvalue weighted by molar-refractivity contribution is 0.112. The quantitative estimate of drug-likeness (QED) is 0.499. The minimum absolute atomic E-state index is 0.710. The Morgan fingerprint density at radius 2 is 1.68 bits per heavy atom. The van der Waals surface area contributed by atoms with Crippen LogP contribution >= 0.6 is 0 Å². The highest BCUT2D eigenvalue weighted by molar-refractivity contribution is 6.20. The van der Waals surface area contributed by atoms with Gasteiger partial charge in [-0.15, -0.1) is 0 Å². The van der Waals surface area contributed by atoms with Crippen molar-refractivity contribution in [2.24, 2.45) is 0 Å². The van der Waals surface area contributed by atoms with Crippen LogP contribution in [0.3, 0.4) is 0 Å². The maximum absolute atomic E-state index is 11.0. The summed E-state index contributed by atoms with van der Waals surface area (Å²) in [4.78, 5) is 14.4. The molecule has 2 nitrogen and oxygen atoms in total. The van der Waals surface area contributed by atoms with Gasteiger partial charge in [0.05, 0.1) is 0 Å². The number of aromatic amines is 1. The number of nitrogens with one attached hydrogen (secondary N) is 1. The summed E-state index contributed by atoms with van der Waals surface area (Å²) in [5.74, 6) is 0. The summed E-state index contributed by atoms with van der Waals surface area (Å²) in [6.07, 6.45) is 0.892. The number of rotatable bonds is 1. The van der Waals surface area contributed by atoms with Gasteiger partial charge in [0.25, 0.3) is 0 Å². The molecular formula is C17H11NO. The van der Waals surface area contributed by atoms with Crippen LogP contribution in [-0.4, -0.2) is 11.3 Å². The third-order valence-corrected chi connectivity index (χ3v) is 3.65. The maximum Gasteiger partial charge on any atom is 0.150 e. The highest BCUT2D eigenvalue weighted by Gasteiger charge is 2.08. The normalized spacial score (nSPS) is 11.4. The number of hydrogen-bond donors (Lipinski definition) is 1. The third-order valence-electron chi connectivity index (χ3n) is 3.65. The smallest absolute Gasteiger partial charge is 0.150 e. The van der Waals surface area contributed by atoms with Gasteiger partial charge in [0.2, 0.25) is 0 Å². The molecule has 0 aliphatic heterocycles. The number of carbonyl (C=O) groups excluding carboxylic acids is 1. The van der Waals surface area contributed by atoms with Crippen molar-refractivity contribution in [1.82, 2.24) is 4.98 Å². The number of aldehydes is 1. The molecule has 0 aliphatic carbocycles. The summed E-state index contributed by atoms with van der Waals surface area (Å²) in [6, 6.07) is 18.3. The summed E-state index contributed by atoms with van der Waals surface area (Å²) in [5, 5.41) is 4.73. The van der Waals surface area contributed by atoms with Gasteiger partial charge in [-0.25, -0.2) is 0 Å². The Hall–Kier alpha value is -2.61. The van der Waals surface area contributed by atoms with Crippen molar-refractivity contribution in [2.75, 3.05) is 0 Å². The Balaban J connectivity index is 2.30. The SMILES string of the molecule is O=Cc1ccc2[nH]c3ccc4ccccc4c3c2c1. The molecule has 0 atom stereocenters. The molecule has 1 heterocycles. The molecule has 0 saturated carbocycles. The molecule has 1 aromatic heterocycles. The van der Waals surface area contributed by atoms with Crippen molar-refractivity contribution in [3.05, 3.63) is 60.2 Å². The summed E-state index contributed by atoms with van der Waals surface area (Å²) in [5.41, 5.74) is 2.88. The van der Waals surface area contributed by atoms with E-state index in [0.29, 0.717) is 5.56 Å². The number of fused-ring (bicyclic) bond motifs is 5. The van der Waals surface area contributed by atoms with E-state index in [1.54, 1.807) is 0 Å². The van der Waals surface area contributed by atoms with Gasteiger partial charge in [0.1, 0.15) is 6.29 Å². The Morgan fingerprint density at radius 3 is 2.58 bits per heavy atom. The lowest BCUT2D eigenvalue weighted by Crippen LogP contribution is -1.78. The highest BCUT2D eigenvalue weighted by atomic mass is 16.1. The molecule has 0 spiro atoms. The minimum Gasteiger partial charge on any atom is -0.354 e. The van der Waals surface area contributed by atoms with Gasteiger partial charge < -0.3 is 4.98 Å². The number of aromatic nitrogens is 1. The fourth-order valence-electron chi connectivity index (χ4n) is 2.76. The van der Waals surface area contributed by atoms with Crippen molar-refractivity contribution in [3.8, 4) is 0 Å². The maximum atomic E-state index is 11.0. The van der Waals surface area contributed by atoms with Crippen LogP contribution in [0.25, 0.3) is 32.6 Å². The second-order valence-electron chi connectivity index (χ2n) is 4.76. The zero-order chi connectivity index (χ0) is 12.8. The topological polar surface area (TPSA) is 32.9 Å². The number of carbonyl (C=O) groups is 1. The zero-order valence-corrected chi connectivity index (χ0v) is 10.2. The van der Waals surface area contributed by atoms with Gasteiger partial charge in [-0.3, -0.25) is 4.79 Å². The van der Waals surface area contributed by atoms with E-state index in [4.69, 9.17) is 0 Å². The molecule has 4 rings (SSSR count). The van der Waals surface area contributed by atoms with E-state index < -0.39 is 0 Å². The van der Waals surface area contributed by atoms with Crippen LogP contribution in [0.15, 0.2) is 54.6 Å². The van der Waals surface area contributed by atoms with E-state index in [9.17, 15) is 4.79 Å². The standard InChI is InChI=1S/C17H11NO/c19-10-11-5-7-15-14(9-11)17-13-4-2-1-3-12(13)6-8-16(17)18-15/h1-10,18H. The van der Waals surface area contributed by atoms with E-state index in [1.807, 2.05) is 30.3 Å². The second-order valence-corrected chi connectivity index (χ2v) is 4.76. The van der Waals surface area contributed by atoms with Crippen LogP contribution in [0.4, 0.5) is 0 Å². The molecule has 0 aliphatic rings. The van der Waals surface area contributed by atoms with E-state index >= 15 is 0 Å². The highest BCUT2D eigenvalue weighted by Crippen LogP contribution is 2.32. The molecule has 19 heavy (non-hydrogen) atoms. The molecule has 0 radical (unpaired) electrons. The van der Waals surface area contributed by atoms with Crippen LogP contribution in [0, 0.1) is 0 Å². The summed E-state index contributed by atoms with van der Waals surface area (Å²) >= 11 is 0. The van der Waals surface area contributed by atoms with Gasteiger partial charge in [0, 0.05) is 27.4 Å². The van der Waals surface area contributed by atoms with Gasteiger partial charge in [-0.1, -0.05) is 30.3 Å². The van der Waals surface area contributed by atoms with Gasteiger partial charge in [-0.05, 0) is 35.0 Å². The van der Waals surface area contributed by atoms with Crippen LogP contribution < -0.4 is 0 Å². The third kappa shape index (κ3) is 1.40. The van der Waals surface area contributed by atoms with Gasteiger partial charge in [0.15, 0.2) is 0 Å². The van der Waals surface area contributed by atoms with Crippen LogP contribution in [-0.2, 0) is 0 Å². The Kier molecular flexibility index (Phi) is 2.00. The molecule has 0 amide bonds. The number of hydrogen-bond acceptors (Lipinski definition) is 1. The van der Waals surface area contributed by atoms with Crippen molar-refractivity contribution >= 4 is 38.9 Å². The average Bonchev–Trinajstić information content (AvgIpc) is 2.85. The van der Waals surface area contributed by atoms with Gasteiger partial charge in [-0.2, -0.15) is 0 Å². The molecule has 0 unspecified atom stereocenters. The predicted octanol–water partition coefficient (Wildman–Crippen LogP) is 4.29. The molecular weight excluding hydrogens is 234 g/mol. The van der Waals surface area contributed by atoms with Crippen molar-refractivity contribution in [2.45, 2.75) is 0 Å². The molecule has 1 N–H and O–H groups in total. The van der Waals surface area contributed by atoms with E-state index in [-0.39, 0.29) is 0 Å². The monoisotopic (exact) mass is 245 g/mol. The molecule has 90 valence electrons. The van der Waals surface area contributed by atoms with E-state index in [0.717, 1.165) is 22.7 Å². The Morgan fingerprint density at radius 1 is 0.842 bits per heavy atom. The van der Waals surface area contributed by atoms with Crippen LogP contribution in [0.2, 0.25) is 0 Å². The van der Waals surface area contributed by atoms with E-state index in [2.05, 4.69) is 29.2 Å². The molecule has 0 bridgehead atoms. The first kappa shape index (κ1) is 10.3. The van der Waals surface area contributed by atoms with Crippen molar-refractivity contribution in [1.29, 1.82) is 0 Å². The first-order valence-corrected chi connectivity index (χ1v) is 6.25. The van der Waals surface area contributed by atoms with E-state index in [1.165, 1.54) is 16.2 Å². The number of benzene rings is 3. The molecule has 4 aromatic rings. The van der Waals surface area contributed by atoms with Gasteiger partial charge >= 0.3 is 0 Å². The van der Waals surface area contributed by atoms with Crippen LogP contribution in [0.5, 0.6) is 0 Å². The zero-order valence-electron chi connectivity index (χ0n) is 10.2. The van der Waals surface area contributed by atoms with Crippen molar-refractivity contribution < 1.29 is 4.79 Å².